The van der Waals surface area contributed by atoms with E-state index < -0.39 is 0 Å². The molecule has 0 aromatic carbocycles. The fourth-order valence-electron chi connectivity index (χ4n) is 4.67. The van der Waals surface area contributed by atoms with Gasteiger partial charge in [-0.2, -0.15) is 5.26 Å². The molecule has 8 heteroatoms. The van der Waals surface area contributed by atoms with E-state index in [0.29, 0.717) is 35.3 Å². The molecule has 2 aliphatic rings. The molecule has 2 aromatic rings. The number of hydrogen-bond donors (Lipinski definition) is 0. The second-order valence-electron chi connectivity index (χ2n) is 8.24. The number of aromatic nitrogens is 2. The van der Waals surface area contributed by atoms with Gasteiger partial charge in [0.2, 0.25) is 0 Å². The Labute approximate surface area is 175 Å². The smallest absolute Gasteiger partial charge is 0.272 e. The van der Waals surface area contributed by atoms with Crippen LogP contribution in [-0.4, -0.2) is 72.5 Å². The first-order valence-electron chi connectivity index (χ1n) is 9.57. The van der Waals surface area contributed by atoms with Crippen LogP contribution in [0.4, 0.5) is 5.82 Å². The summed E-state index contributed by atoms with van der Waals surface area (Å²) in [4.78, 5) is 28.0. The molecular formula is C21H23ClN6O. The zero-order valence-electron chi connectivity index (χ0n) is 16.5. The lowest BCUT2D eigenvalue weighted by Gasteiger charge is -2.32. The third-order valence-electron chi connectivity index (χ3n) is 5.82. The van der Waals surface area contributed by atoms with Crippen LogP contribution in [0.15, 0.2) is 36.7 Å². The predicted molar refractivity (Wildman–Crippen MR) is 111 cm³/mol. The highest BCUT2D eigenvalue weighted by atomic mass is 35.5. The number of anilines is 1. The van der Waals surface area contributed by atoms with Gasteiger partial charge in [-0.25, -0.2) is 9.97 Å². The first-order chi connectivity index (χ1) is 13.9. The number of pyridine rings is 2. The van der Waals surface area contributed by atoms with Gasteiger partial charge in [-0.1, -0.05) is 11.6 Å². The maximum absolute atomic E-state index is 13.0. The van der Waals surface area contributed by atoms with E-state index in [4.69, 9.17) is 16.9 Å². The number of fused-ring (bicyclic) bond motifs is 1. The Hall–Kier alpha value is -2.69. The topological polar surface area (TPSA) is 76.4 Å². The monoisotopic (exact) mass is 410 g/mol. The van der Waals surface area contributed by atoms with E-state index in [1.54, 1.807) is 24.4 Å². The van der Waals surface area contributed by atoms with Crippen LogP contribution < -0.4 is 4.90 Å². The minimum Gasteiger partial charge on any atom is -0.356 e. The zero-order chi connectivity index (χ0) is 20.6. The van der Waals surface area contributed by atoms with Crippen LogP contribution in [0.3, 0.4) is 0 Å². The first kappa shape index (κ1) is 19.6. The highest BCUT2D eigenvalue weighted by Crippen LogP contribution is 2.44. The van der Waals surface area contributed by atoms with Crippen molar-refractivity contribution in [3.63, 3.8) is 0 Å². The number of nitrogens with zero attached hydrogens (tertiary/aromatic N) is 6. The molecule has 0 aliphatic carbocycles. The van der Waals surface area contributed by atoms with Crippen LogP contribution in [0.1, 0.15) is 16.1 Å². The summed E-state index contributed by atoms with van der Waals surface area (Å²) in [5.74, 6) is 1.18. The van der Waals surface area contributed by atoms with Crippen molar-refractivity contribution >= 4 is 23.3 Å². The average molecular weight is 411 g/mol. The largest absolute Gasteiger partial charge is 0.356 e. The molecule has 0 bridgehead atoms. The molecule has 1 amide bonds. The van der Waals surface area contributed by atoms with E-state index in [-0.39, 0.29) is 11.3 Å². The Balaban J connectivity index is 1.54. The summed E-state index contributed by atoms with van der Waals surface area (Å²) in [7, 11) is 4.14. The van der Waals surface area contributed by atoms with Crippen molar-refractivity contribution in [1.82, 2.24) is 19.8 Å². The third-order valence-corrected chi connectivity index (χ3v) is 6.05. The summed E-state index contributed by atoms with van der Waals surface area (Å²) < 4.78 is 0. The number of halogens is 1. The summed E-state index contributed by atoms with van der Waals surface area (Å²) in [6.45, 7) is 3.94. The molecule has 0 saturated carbocycles. The number of rotatable bonds is 4. The Morgan fingerprint density at radius 1 is 1.24 bits per heavy atom. The molecule has 0 unspecified atom stereocenters. The molecule has 4 heterocycles. The van der Waals surface area contributed by atoms with Crippen LogP contribution in [-0.2, 0) is 0 Å². The van der Waals surface area contributed by atoms with Crippen molar-refractivity contribution in [3.8, 4) is 6.07 Å². The van der Waals surface area contributed by atoms with Gasteiger partial charge < -0.3 is 14.7 Å². The van der Waals surface area contributed by atoms with Gasteiger partial charge >= 0.3 is 0 Å². The predicted octanol–water partition coefficient (Wildman–Crippen LogP) is 2.14. The highest BCUT2D eigenvalue weighted by Gasteiger charge is 2.54. The second-order valence-corrected chi connectivity index (χ2v) is 8.68. The normalized spacial score (nSPS) is 23.3. The molecule has 0 spiro atoms. The lowest BCUT2D eigenvalue weighted by atomic mass is 9.80. The lowest BCUT2D eigenvalue weighted by Crippen LogP contribution is -2.43. The molecule has 0 N–H and O–H groups in total. The minimum absolute atomic E-state index is 0.0266. The van der Waals surface area contributed by atoms with Gasteiger partial charge in [0, 0.05) is 56.5 Å². The Morgan fingerprint density at radius 3 is 2.69 bits per heavy atom. The number of carbonyl (C=O) groups is 1. The number of carbonyl (C=O) groups excluding carboxylic acids is 1. The Kier molecular flexibility index (Phi) is 5.15. The summed E-state index contributed by atoms with van der Waals surface area (Å²) in [6, 6.07) is 9.20. The standard InChI is InChI=1S/C21H23ClN6O/c1-26(2)12-21-13-27(19-6-3-15(7-23)8-25-19)10-16(21)11-28(14-21)20(29)18-5-4-17(22)9-24-18/h3-6,8-9,16H,10-14H2,1-2H3/t16-,21+/m0/s1. The van der Waals surface area contributed by atoms with Gasteiger partial charge in [0.15, 0.2) is 0 Å². The zero-order valence-corrected chi connectivity index (χ0v) is 17.3. The van der Waals surface area contributed by atoms with Crippen LogP contribution in [0.25, 0.3) is 0 Å². The summed E-state index contributed by atoms with van der Waals surface area (Å²) in [5, 5.41) is 9.52. The van der Waals surface area contributed by atoms with Crippen LogP contribution >= 0.6 is 11.6 Å². The van der Waals surface area contributed by atoms with Gasteiger partial charge in [-0.3, -0.25) is 4.79 Å². The molecule has 4 rings (SSSR count). The minimum atomic E-state index is -0.0442. The molecule has 2 aliphatic heterocycles. The molecule has 150 valence electrons. The van der Waals surface area contributed by atoms with E-state index in [2.05, 4.69) is 39.9 Å². The van der Waals surface area contributed by atoms with Crippen molar-refractivity contribution in [2.45, 2.75) is 0 Å². The first-order valence-corrected chi connectivity index (χ1v) is 9.95. The SMILES string of the molecule is CN(C)C[C@@]12CN(C(=O)c3ccc(Cl)cn3)C[C@@H]1CN(c1ccc(C#N)cn1)C2. The number of nitriles is 1. The fraction of sp³-hybridized carbons (Fsp3) is 0.429. The summed E-state index contributed by atoms with van der Waals surface area (Å²) in [6.07, 6.45) is 3.13. The number of hydrogen-bond acceptors (Lipinski definition) is 6. The van der Waals surface area contributed by atoms with Crippen LogP contribution in [0.2, 0.25) is 5.02 Å². The second kappa shape index (κ2) is 7.62. The van der Waals surface area contributed by atoms with Crippen molar-refractivity contribution in [3.05, 3.63) is 52.9 Å². The molecule has 2 fully saturated rings. The van der Waals surface area contributed by atoms with Crippen molar-refractivity contribution in [2.75, 3.05) is 51.7 Å². The van der Waals surface area contributed by atoms with Gasteiger partial charge in [0.05, 0.1) is 10.6 Å². The lowest BCUT2D eigenvalue weighted by molar-refractivity contribution is 0.0760. The van der Waals surface area contributed by atoms with E-state index in [0.717, 1.165) is 25.5 Å². The maximum Gasteiger partial charge on any atom is 0.272 e. The fourth-order valence-corrected chi connectivity index (χ4v) is 4.78. The highest BCUT2D eigenvalue weighted by molar-refractivity contribution is 6.30. The van der Waals surface area contributed by atoms with Crippen LogP contribution in [0.5, 0.6) is 0 Å². The van der Waals surface area contributed by atoms with E-state index in [1.165, 1.54) is 6.20 Å². The molecule has 0 radical (unpaired) electrons. The van der Waals surface area contributed by atoms with Gasteiger partial charge in [0.25, 0.3) is 5.91 Å². The quantitative estimate of drug-likeness (QED) is 0.768. The molecular weight excluding hydrogens is 388 g/mol. The maximum atomic E-state index is 13.0. The van der Waals surface area contributed by atoms with Crippen molar-refractivity contribution in [1.29, 1.82) is 5.26 Å². The Morgan fingerprint density at radius 2 is 2.07 bits per heavy atom. The van der Waals surface area contributed by atoms with Crippen molar-refractivity contribution in [2.24, 2.45) is 11.3 Å². The summed E-state index contributed by atoms with van der Waals surface area (Å²) in [5.41, 5.74) is 0.963. The van der Waals surface area contributed by atoms with E-state index in [1.807, 2.05) is 11.0 Å². The van der Waals surface area contributed by atoms with Gasteiger partial charge in [-0.05, 0) is 38.4 Å². The number of likely N-dealkylation sites (tertiary alicyclic amines) is 1. The van der Waals surface area contributed by atoms with Gasteiger partial charge in [0.1, 0.15) is 17.6 Å². The third kappa shape index (κ3) is 3.78. The molecule has 7 nitrogen and oxygen atoms in total. The van der Waals surface area contributed by atoms with E-state index in [9.17, 15) is 4.79 Å². The number of amides is 1. The van der Waals surface area contributed by atoms with E-state index >= 15 is 0 Å². The molecule has 29 heavy (non-hydrogen) atoms. The van der Waals surface area contributed by atoms with Crippen molar-refractivity contribution < 1.29 is 4.79 Å². The molecule has 2 atom stereocenters. The molecule has 2 aromatic heterocycles. The van der Waals surface area contributed by atoms with Crippen LogP contribution in [0, 0.1) is 22.7 Å². The summed E-state index contributed by atoms with van der Waals surface area (Å²) >= 11 is 5.90. The Bertz CT molecular complexity index is 939. The van der Waals surface area contributed by atoms with Gasteiger partial charge in [-0.15, -0.1) is 0 Å². The molecule has 2 saturated heterocycles. The average Bonchev–Trinajstić information content (AvgIpc) is 3.21.